The number of hydrogen-bond acceptors (Lipinski definition) is 2. The number of phenolic OH excluding ortho intramolecular Hbond substituents is 1. The molecule has 0 saturated carbocycles. The molecular formula is C17H27NO. The Bertz CT molecular complexity index is 436. The summed E-state index contributed by atoms with van der Waals surface area (Å²) in [6.45, 7) is 14.4. The number of benzene rings is 1. The summed E-state index contributed by atoms with van der Waals surface area (Å²) in [6, 6.07) is 4.24. The van der Waals surface area contributed by atoms with E-state index in [4.69, 9.17) is 0 Å². The van der Waals surface area contributed by atoms with Gasteiger partial charge in [0.2, 0.25) is 0 Å². The Morgan fingerprint density at radius 1 is 1.21 bits per heavy atom. The van der Waals surface area contributed by atoms with Crippen molar-refractivity contribution in [3.8, 4) is 5.75 Å². The summed E-state index contributed by atoms with van der Waals surface area (Å²) < 4.78 is 0. The fourth-order valence-corrected chi connectivity index (χ4v) is 3.08. The van der Waals surface area contributed by atoms with Gasteiger partial charge in [-0.2, -0.15) is 0 Å². The maximum absolute atomic E-state index is 9.83. The molecule has 1 fully saturated rings. The summed E-state index contributed by atoms with van der Waals surface area (Å²) in [4.78, 5) is 2.54. The average molecular weight is 261 g/mol. The normalized spacial score (nSPS) is 21.0. The van der Waals surface area contributed by atoms with Gasteiger partial charge in [-0.05, 0) is 54.8 Å². The third-order valence-corrected chi connectivity index (χ3v) is 4.45. The predicted octanol–water partition coefficient (Wildman–Crippen LogP) is 3.88. The van der Waals surface area contributed by atoms with Crippen molar-refractivity contribution in [3.05, 3.63) is 28.8 Å². The second-order valence-electron chi connectivity index (χ2n) is 7.16. The van der Waals surface area contributed by atoms with Crippen LogP contribution >= 0.6 is 0 Å². The van der Waals surface area contributed by atoms with Crippen molar-refractivity contribution in [2.75, 3.05) is 13.1 Å². The Kier molecular flexibility index (Phi) is 3.91. The number of hydrogen-bond donors (Lipinski definition) is 1. The lowest BCUT2D eigenvalue weighted by Gasteiger charge is -2.27. The highest BCUT2D eigenvalue weighted by Crippen LogP contribution is 2.34. The predicted molar refractivity (Wildman–Crippen MR) is 80.4 cm³/mol. The van der Waals surface area contributed by atoms with E-state index in [2.05, 4.69) is 37.8 Å². The van der Waals surface area contributed by atoms with Crippen LogP contribution in [0.1, 0.15) is 43.9 Å². The highest BCUT2D eigenvalue weighted by molar-refractivity contribution is 5.42. The van der Waals surface area contributed by atoms with Gasteiger partial charge in [0.15, 0.2) is 0 Å². The van der Waals surface area contributed by atoms with E-state index in [1.165, 1.54) is 25.1 Å². The van der Waals surface area contributed by atoms with Crippen molar-refractivity contribution in [1.29, 1.82) is 0 Å². The van der Waals surface area contributed by atoms with Crippen molar-refractivity contribution in [2.24, 2.45) is 11.3 Å². The fourth-order valence-electron chi connectivity index (χ4n) is 3.08. The summed E-state index contributed by atoms with van der Waals surface area (Å²) >= 11 is 0. The molecule has 0 amide bonds. The molecule has 0 radical (unpaired) electrons. The molecule has 19 heavy (non-hydrogen) atoms. The van der Waals surface area contributed by atoms with E-state index in [9.17, 15) is 5.11 Å². The van der Waals surface area contributed by atoms with Crippen LogP contribution in [0.5, 0.6) is 5.75 Å². The molecule has 0 spiro atoms. The van der Waals surface area contributed by atoms with Gasteiger partial charge >= 0.3 is 0 Å². The van der Waals surface area contributed by atoms with Crippen molar-refractivity contribution in [3.63, 3.8) is 0 Å². The second-order valence-corrected chi connectivity index (χ2v) is 7.16. The van der Waals surface area contributed by atoms with Crippen LogP contribution in [-0.4, -0.2) is 23.1 Å². The van der Waals surface area contributed by atoms with Crippen LogP contribution < -0.4 is 0 Å². The molecule has 106 valence electrons. The third kappa shape index (κ3) is 3.30. The minimum absolute atomic E-state index is 0.412. The average Bonchev–Trinajstić information content (AvgIpc) is 2.74. The largest absolute Gasteiger partial charge is 0.507 e. The van der Waals surface area contributed by atoms with Gasteiger partial charge < -0.3 is 5.11 Å². The van der Waals surface area contributed by atoms with Gasteiger partial charge in [-0.1, -0.05) is 32.9 Å². The number of nitrogens with zero attached hydrogens (tertiary/aromatic N) is 1. The molecular weight excluding hydrogens is 234 g/mol. The summed E-state index contributed by atoms with van der Waals surface area (Å²) in [5, 5.41) is 9.83. The lowest BCUT2D eigenvalue weighted by atomic mass is 9.80. The first-order valence-corrected chi connectivity index (χ1v) is 7.29. The molecule has 0 bridgehead atoms. The first kappa shape index (κ1) is 14.4. The SMILES string of the molecule is Cc1cc(CN2CCC(C(C)(C)C)C2)cc(C)c1O. The van der Waals surface area contributed by atoms with E-state index in [-0.39, 0.29) is 0 Å². The number of phenols is 1. The maximum atomic E-state index is 9.83. The van der Waals surface area contributed by atoms with E-state index in [0.717, 1.165) is 23.6 Å². The quantitative estimate of drug-likeness (QED) is 0.873. The van der Waals surface area contributed by atoms with Crippen LogP contribution in [0.2, 0.25) is 0 Å². The fraction of sp³-hybridized carbons (Fsp3) is 0.647. The highest BCUT2D eigenvalue weighted by atomic mass is 16.3. The van der Waals surface area contributed by atoms with Crippen LogP contribution in [0.4, 0.5) is 0 Å². The van der Waals surface area contributed by atoms with Gasteiger partial charge in [0.1, 0.15) is 5.75 Å². The standard InChI is InChI=1S/C17H27NO/c1-12-8-14(9-13(2)16(12)19)10-18-7-6-15(11-18)17(3,4)5/h8-9,15,19H,6-7,10-11H2,1-5H3. The molecule has 2 heteroatoms. The van der Waals surface area contributed by atoms with Crippen LogP contribution in [0, 0.1) is 25.2 Å². The van der Waals surface area contributed by atoms with Crippen LogP contribution in [0.3, 0.4) is 0 Å². The molecule has 1 atom stereocenters. The molecule has 0 aliphatic carbocycles. The van der Waals surface area contributed by atoms with Gasteiger partial charge in [0.25, 0.3) is 0 Å². The molecule has 0 aromatic heterocycles. The number of rotatable bonds is 2. The van der Waals surface area contributed by atoms with Crippen molar-refractivity contribution >= 4 is 0 Å². The van der Waals surface area contributed by atoms with Crippen molar-refractivity contribution in [2.45, 2.75) is 47.6 Å². The first-order valence-electron chi connectivity index (χ1n) is 7.29. The molecule has 1 aromatic rings. The van der Waals surface area contributed by atoms with E-state index in [1.54, 1.807) is 0 Å². The Morgan fingerprint density at radius 3 is 2.26 bits per heavy atom. The van der Waals surface area contributed by atoms with Gasteiger partial charge in [0, 0.05) is 13.1 Å². The second kappa shape index (κ2) is 5.16. The maximum Gasteiger partial charge on any atom is 0.121 e. The molecule has 1 heterocycles. The smallest absolute Gasteiger partial charge is 0.121 e. The van der Waals surface area contributed by atoms with E-state index < -0.39 is 0 Å². The molecule has 1 N–H and O–H groups in total. The van der Waals surface area contributed by atoms with E-state index in [1.807, 2.05) is 13.8 Å². The lowest BCUT2D eigenvalue weighted by Crippen LogP contribution is -2.25. The minimum atomic E-state index is 0.412. The summed E-state index contributed by atoms with van der Waals surface area (Å²) in [6.07, 6.45) is 1.31. The van der Waals surface area contributed by atoms with Crippen molar-refractivity contribution in [1.82, 2.24) is 4.90 Å². The van der Waals surface area contributed by atoms with Crippen molar-refractivity contribution < 1.29 is 5.11 Å². The van der Waals surface area contributed by atoms with Crippen LogP contribution in [0.15, 0.2) is 12.1 Å². The highest BCUT2D eigenvalue weighted by Gasteiger charge is 2.31. The third-order valence-electron chi connectivity index (χ3n) is 4.45. The molecule has 1 aliphatic rings. The van der Waals surface area contributed by atoms with Gasteiger partial charge in [-0.15, -0.1) is 0 Å². The van der Waals surface area contributed by atoms with Crippen LogP contribution in [-0.2, 0) is 6.54 Å². The van der Waals surface area contributed by atoms with Crippen LogP contribution in [0.25, 0.3) is 0 Å². The van der Waals surface area contributed by atoms with Gasteiger partial charge in [-0.3, -0.25) is 4.90 Å². The minimum Gasteiger partial charge on any atom is -0.507 e. The zero-order chi connectivity index (χ0) is 14.2. The monoisotopic (exact) mass is 261 g/mol. The summed E-state index contributed by atoms with van der Waals surface area (Å²) in [5.74, 6) is 1.24. The first-order chi connectivity index (χ1) is 8.77. The Labute approximate surface area is 117 Å². The molecule has 1 saturated heterocycles. The molecule has 2 nitrogen and oxygen atoms in total. The Balaban J connectivity index is 2.04. The summed E-state index contributed by atoms with van der Waals surface area (Å²) in [7, 11) is 0. The lowest BCUT2D eigenvalue weighted by molar-refractivity contribution is 0.226. The molecule has 1 unspecified atom stereocenters. The Hall–Kier alpha value is -1.02. The van der Waals surface area contributed by atoms with Gasteiger partial charge in [0.05, 0.1) is 0 Å². The van der Waals surface area contributed by atoms with E-state index >= 15 is 0 Å². The summed E-state index contributed by atoms with van der Waals surface area (Å²) in [5.41, 5.74) is 3.71. The van der Waals surface area contributed by atoms with E-state index in [0.29, 0.717) is 11.2 Å². The number of aromatic hydroxyl groups is 1. The topological polar surface area (TPSA) is 23.5 Å². The number of aryl methyl sites for hydroxylation is 2. The molecule has 1 aliphatic heterocycles. The zero-order valence-electron chi connectivity index (χ0n) is 13.0. The zero-order valence-corrected chi connectivity index (χ0v) is 13.0. The molecule has 2 rings (SSSR count). The Morgan fingerprint density at radius 2 is 1.79 bits per heavy atom. The number of likely N-dealkylation sites (tertiary alicyclic amines) is 1. The van der Waals surface area contributed by atoms with Gasteiger partial charge in [-0.25, -0.2) is 0 Å². The molecule has 1 aromatic carbocycles.